The number of benzene rings is 2. The quantitative estimate of drug-likeness (QED) is 0.576. The molecule has 0 radical (unpaired) electrons. The topological polar surface area (TPSA) is 13.1 Å². The molecule has 0 saturated heterocycles. The van der Waals surface area contributed by atoms with Crippen LogP contribution < -0.4 is 0 Å². The summed E-state index contributed by atoms with van der Waals surface area (Å²) in [6.07, 6.45) is 0. The molecule has 3 rings (SSSR count). The maximum atomic E-state index is 7.59. The van der Waals surface area contributed by atoms with Crippen molar-refractivity contribution in [1.82, 2.24) is 0 Å². The molecule has 0 aliphatic rings. The van der Waals surface area contributed by atoms with Crippen molar-refractivity contribution in [1.29, 1.82) is 0 Å². The third-order valence-corrected chi connectivity index (χ3v) is 2.77. The first kappa shape index (κ1) is 7.07. The van der Waals surface area contributed by atoms with Crippen LogP contribution in [0.4, 0.5) is 0 Å². The summed E-state index contributed by atoms with van der Waals surface area (Å²) in [7, 11) is 0. The molecule has 14 heavy (non-hydrogen) atoms. The van der Waals surface area contributed by atoms with Crippen molar-refractivity contribution in [2.45, 2.75) is 0 Å². The highest BCUT2D eigenvalue weighted by molar-refractivity contribution is 9.10. The van der Waals surface area contributed by atoms with Gasteiger partial charge in [0, 0.05) is 15.2 Å². The molecule has 0 atom stereocenters. The molecule has 0 N–H and O–H groups in total. The van der Waals surface area contributed by atoms with Crippen molar-refractivity contribution in [3.8, 4) is 0 Å². The zero-order valence-electron chi connectivity index (χ0n) is 8.25. The van der Waals surface area contributed by atoms with Gasteiger partial charge in [-0.05, 0) is 24.3 Å². The summed E-state index contributed by atoms with van der Waals surface area (Å²) in [6, 6.07) is 11.8. The first-order valence-corrected chi connectivity index (χ1v) is 5.12. The molecule has 68 valence electrons. The van der Waals surface area contributed by atoms with Crippen LogP contribution in [-0.4, -0.2) is 0 Å². The van der Waals surface area contributed by atoms with Gasteiger partial charge < -0.3 is 4.42 Å². The van der Waals surface area contributed by atoms with E-state index in [4.69, 9.17) is 5.79 Å². The maximum absolute atomic E-state index is 7.59. The van der Waals surface area contributed by atoms with E-state index in [-0.39, 0.29) is 0 Å². The van der Waals surface area contributed by atoms with E-state index in [1.165, 1.54) is 0 Å². The first-order valence-electron chi connectivity index (χ1n) is 4.82. The van der Waals surface area contributed by atoms with Crippen molar-refractivity contribution >= 4 is 37.9 Å². The lowest BCUT2D eigenvalue weighted by Crippen LogP contribution is -1.66. The lowest BCUT2D eigenvalue weighted by molar-refractivity contribution is 0.669. The summed E-state index contributed by atoms with van der Waals surface area (Å²) >= 11 is 3.43. The lowest BCUT2D eigenvalue weighted by atomic mass is 10.2. The zero-order valence-corrected chi connectivity index (χ0v) is 8.84. The third kappa shape index (κ3) is 1.07. The van der Waals surface area contributed by atoms with Crippen molar-refractivity contribution in [3.63, 3.8) is 0 Å². The smallest absolute Gasteiger partial charge is 0.135 e. The van der Waals surface area contributed by atoms with Gasteiger partial charge in [-0.2, -0.15) is 0 Å². The first-order chi connectivity index (χ1) is 7.24. The second-order valence-corrected chi connectivity index (χ2v) is 4.08. The number of fused-ring (bicyclic) bond motifs is 3. The third-order valence-electron chi connectivity index (χ3n) is 2.28. The number of furan rings is 1. The van der Waals surface area contributed by atoms with E-state index >= 15 is 0 Å². The summed E-state index contributed by atoms with van der Waals surface area (Å²) in [4.78, 5) is 0. The average Bonchev–Trinajstić information content (AvgIpc) is 2.56. The minimum atomic E-state index is 0.505. The van der Waals surface area contributed by atoms with Crippen LogP contribution in [0.15, 0.2) is 51.3 Å². The highest BCUT2D eigenvalue weighted by Gasteiger charge is 2.05. The Labute approximate surface area is 90.9 Å². The minimum absolute atomic E-state index is 0.505. The molecule has 0 saturated carbocycles. The lowest BCUT2D eigenvalue weighted by Gasteiger charge is -1.89. The molecule has 0 bridgehead atoms. The van der Waals surface area contributed by atoms with E-state index in [0.717, 1.165) is 26.4 Å². The normalized spacial score (nSPS) is 12.2. The Kier molecular flexibility index (Phi) is 1.44. The van der Waals surface area contributed by atoms with Crippen LogP contribution in [0.25, 0.3) is 21.9 Å². The van der Waals surface area contributed by atoms with Crippen molar-refractivity contribution < 1.29 is 5.79 Å². The SMILES string of the molecule is [2H]c1ccc2oc3ccc(Br)cc3c2c1. The average molecular weight is 248 g/mol. The number of hydrogen-bond donors (Lipinski definition) is 0. The van der Waals surface area contributed by atoms with E-state index in [1.807, 2.05) is 30.3 Å². The van der Waals surface area contributed by atoms with Crippen LogP contribution >= 0.6 is 15.9 Å². The molecule has 2 aromatic carbocycles. The molecule has 0 aliphatic heterocycles. The van der Waals surface area contributed by atoms with E-state index in [1.54, 1.807) is 6.07 Å². The molecule has 2 heteroatoms. The fourth-order valence-corrected chi connectivity index (χ4v) is 2.00. The summed E-state index contributed by atoms with van der Waals surface area (Å²) in [5.74, 6) is 0. The van der Waals surface area contributed by atoms with Gasteiger partial charge in [0.2, 0.25) is 0 Å². The monoisotopic (exact) mass is 247 g/mol. The van der Waals surface area contributed by atoms with E-state index < -0.39 is 0 Å². The second kappa shape index (κ2) is 2.85. The molecule has 0 aliphatic carbocycles. The van der Waals surface area contributed by atoms with Gasteiger partial charge in [0.05, 0.1) is 1.37 Å². The number of rotatable bonds is 0. The molecular weight excluding hydrogens is 240 g/mol. The molecule has 0 spiro atoms. The van der Waals surface area contributed by atoms with Gasteiger partial charge in [-0.25, -0.2) is 0 Å². The predicted molar refractivity (Wildman–Crippen MR) is 61.4 cm³/mol. The summed E-state index contributed by atoms with van der Waals surface area (Å²) in [5.41, 5.74) is 1.69. The van der Waals surface area contributed by atoms with Gasteiger partial charge in [0.15, 0.2) is 0 Å². The van der Waals surface area contributed by atoms with Crippen molar-refractivity contribution in [2.75, 3.05) is 0 Å². The van der Waals surface area contributed by atoms with Gasteiger partial charge in [0.25, 0.3) is 0 Å². The fourth-order valence-electron chi connectivity index (χ4n) is 1.64. The molecular formula is C12H7BrO. The molecule has 0 amide bonds. The van der Waals surface area contributed by atoms with Gasteiger partial charge >= 0.3 is 0 Å². The minimum Gasteiger partial charge on any atom is -0.456 e. The Balaban J connectivity index is 2.55. The van der Waals surface area contributed by atoms with Gasteiger partial charge in [-0.3, -0.25) is 0 Å². The standard InChI is InChI=1S/C12H7BrO/c13-8-5-6-12-10(7-8)9-3-1-2-4-11(9)14-12/h1-7H/i1D. The summed E-state index contributed by atoms with van der Waals surface area (Å²) < 4.78 is 14.3. The largest absolute Gasteiger partial charge is 0.456 e. The molecule has 0 unspecified atom stereocenters. The van der Waals surface area contributed by atoms with Crippen LogP contribution in [0.5, 0.6) is 0 Å². The van der Waals surface area contributed by atoms with Crippen molar-refractivity contribution in [3.05, 3.63) is 46.9 Å². The molecule has 1 heterocycles. The van der Waals surface area contributed by atoms with Gasteiger partial charge in [-0.15, -0.1) is 0 Å². The highest BCUT2D eigenvalue weighted by Crippen LogP contribution is 2.30. The van der Waals surface area contributed by atoms with Crippen LogP contribution in [-0.2, 0) is 0 Å². The Hall–Kier alpha value is -1.28. The van der Waals surface area contributed by atoms with Gasteiger partial charge in [0.1, 0.15) is 11.2 Å². The Morgan fingerprint density at radius 3 is 2.86 bits per heavy atom. The molecule has 1 nitrogen and oxygen atoms in total. The van der Waals surface area contributed by atoms with Crippen LogP contribution in [0.3, 0.4) is 0 Å². The van der Waals surface area contributed by atoms with Crippen LogP contribution in [0, 0.1) is 0 Å². The number of para-hydroxylation sites is 1. The molecule has 3 aromatic rings. The summed E-state index contributed by atoms with van der Waals surface area (Å²) in [6.45, 7) is 0. The number of hydrogen-bond acceptors (Lipinski definition) is 1. The van der Waals surface area contributed by atoms with Crippen molar-refractivity contribution in [2.24, 2.45) is 0 Å². The molecule has 1 aromatic heterocycles. The second-order valence-electron chi connectivity index (χ2n) is 3.16. The van der Waals surface area contributed by atoms with E-state index in [2.05, 4.69) is 15.9 Å². The molecule has 0 fully saturated rings. The van der Waals surface area contributed by atoms with Crippen LogP contribution in [0.1, 0.15) is 1.37 Å². The maximum Gasteiger partial charge on any atom is 0.135 e. The van der Waals surface area contributed by atoms with E-state index in [9.17, 15) is 0 Å². The Morgan fingerprint density at radius 2 is 1.93 bits per heavy atom. The van der Waals surface area contributed by atoms with Crippen LogP contribution in [0.2, 0.25) is 0 Å². The number of halogens is 1. The zero-order chi connectivity index (χ0) is 10.4. The Morgan fingerprint density at radius 1 is 1.07 bits per heavy atom. The van der Waals surface area contributed by atoms with Gasteiger partial charge in [-0.1, -0.05) is 34.1 Å². The Bertz CT molecular complexity index is 601. The fraction of sp³-hybridized carbons (Fsp3) is 0. The highest BCUT2D eigenvalue weighted by atomic mass is 79.9. The summed E-state index contributed by atoms with van der Waals surface area (Å²) in [5, 5.41) is 2.05. The predicted octanol–water partition coefficient (Wildman–Crippen LogP) is 4.35. The van der Waals surface area contributed by atoms with E-state index in [0.29, 0.717) is 6.04 Å².